The predicted molar refractivity (Wildman–Crippen MR) is 78.3 cm³/mol. The molecule has 0 radical (unpaired) electrons. The second kappa shape index (κ2) is 6.22. The van der Waals surface area contributed by atoms with E-state index in [0.717, 1.165) is 24.4 Å². The molecule has 3 heterocycles. The molecular formula is C15H20N4O2. The lowest BCUT2D eigenvalue weighted by molar-refractivity contribution is 0.0600. The Balaban J connectivity index is 1.76. The molecule has 2 aromatic heterocycles. The summed E-state index contributed by atoms with van der Waals surface area (Å²) in [6, 6.07) is 3.51. The third-order valence-electron chi connectivity index (χ3n) is 3.99. The number of piperidine rings is 1. The maximum atomic E-state index is 11.6. The van der Waals surface area contributed by atoms with Gasteiger partial charge in [-0.15, -0.1) is 10.2 Å². The van der Waals surface area contributed by atoms with Gasteiger partial charge in [-0.1, -0.05) is 6.42 Å². The summed E-state index contributed by atoms with van der Waals surface area (Å²) in [5, 5.41) is 8.39. The van der Waals surface area contributed by atoms with Crippen LogP contribution in [-0.2, 0) is 11.2 Å². The smallest absolute Gasteiger partial charge is 0.339 e. The molecule has 0 unspecified atom stereocenters. The molecule has 0 aromatic carbocycles. The lowest BCUT2D eigenvalue weighted by atomic mass is 10.1. The number of esters is 1. The summed E-state index contributed by atoms with van der Waals surface area (Å²) in [4.78, 5) is 14.1. The quantitative estimate of drug-likeness (QED) is 0.799. The highest BCUT2D eigenvalue weighted by atomic mass is 16.5. The number of methoxy groups -OCH3 is 1. The van der Waals surface area contributed by atoms with Crippen molar-refractivity contribution in [3.63, 3.8) is 0 Å². The van der Waals surface area contributed by atoms with E-state index in [-0.39, 0.29) is 5.97 Å². The van der Waals surface area contributed by atoms with Crippen LogP contribution in [0.3, 0.4) is 0 Å². The van der Waals surface area contributed by atoms with E-state index in [0.29, 0.717) is 5.56 Å². The van der Waals surface area contributed by atoms with Crippen molar-refractivity contribution in [3.05, 3.63) is 29.7 Å². The van der Waals surface area contributed by atoms with E-state index in [1.54, 1.807) is 18.3 Å². The lowest BCUT2D eigenvalue weighted by Gasteiger charge is -2.25. The second-order valence-corrected chi connectivity index (χ2v) is 5.41. The minimum Gasteiger partial charge on any atom is -0.465 e. The van der Waals surface area contributed by atoms with Crippen LogP contribution in [0.1, 0.15) is 35.4 Å². The van der Waals surface area contributed by atoms with Crippen LogP contribution in [0.5, 0.6) is 0 Å². The van der Waals surface area contributed by atoms with E-state index in [2.05, 4.69) is 15.1 Å². The maximum Gasteiger partial charge on any atom is 0.339 e. The predicted octanol–water partition coefficient (Wildman–Crippen LogP) is 1.54. The van der Waals surface area contributed by atoms with Crippen molar-refractivity contribution in [1.82, 2.24) is 19.5 Å². The fourth-order valence-corrected chi connectivity index (χ4v) is 2.79. The fraction of sp³-hybridized carbons (Fsp3) is 0.533. The molecule has 3 rings (SSSR count). The van der Waals surface area contributed by atoms with Crippen LogP contribution in [0.2, 0.25) is 0 Å². The Morgan fingerprint density at radius 3 is 2.81 bits per heavy atom. The monoisotopic (exact) mass is 288 g/mol. The van der Waals surface area contributed by atoms with Crippen LogP contribution in [0.25, 0.3) is 5.65 Å². The van der Waals surface area contributed by atoms with Crippen LogP contribution in [0.15, 0.2) is 18.3 Å². The summed E-state index contributed by atoms with van der Waals surface area (Å²) in [7, 11) is 1.38. The fourth-order valence-electron chi connectivity index (χ4n) is 2.79. The minimum absolute atomic E-state index is 0.340. The average Bonchev–Trinajstić information content (AvgIpc) is 2.95. The Kier molecular flexibility index (Phi) is 4.15. The van der Waals surface area contributed by atoms with Crippen LogP contribution in [0, 0.1) is 0 Å². The maximum absolute atomic E-state index is 11.6. The molecule has 21 heavy (non-hydrogen) atoms. The standard InChI is InChI=1S/C15H20N4O2/c1-21-15(20)12-5-6-13-16-17-14(19(13)11-12)7-10-18-8-3-2-4-9-18/h5-6,11H,2-4,7-10H2,1H3. The zero-order chi connectivity index (χ0) is 14.7. The molecule has 0 aliphatic carbocycles. The van der Waals surface area contributed by atoms with Gasteiger partial charge < -0.3 is 9.64 Å². The zero-order valence-electron chi connectivity index (χ0n) is 12.3. The Labute approximate surface area is 123 Å². The van der Waals surface area contributed by atoms with Crippen molar-refractivity contribution in [2.24, 2.45) is 0 Å². The van der Waals surface area contributed by atoms with Gasteiger partial charge in [0.1, 0.15) is 5.82 Å². The number of rotatable bonds is 4. The highest BCUT2D eigenvalue weighted by Gasteiger charge is 2.13. The van der Waals surface area contributed by atoms with Crippen LogP contribution < -0.4 is 0 Å². The van der Waals surface area contributed by atoms with E-state index < -0.39 is 0 Å². The van der Waals surface area contributed by atoms with Gasteiger partial charge >= 0.3 is 5.97 Å². The number of hydrogen-bond donors (Lipinski definition) is 0. The summed E-state index contributed by atoms with van der Waals surface area (Å²) in [6.45, 7) is 3.33. The summed E-state index contributed by atoms with van der Waals surface area (Å²) < 4.78 is 6.64. The molecule has 0 N–H and O–H groups in total. The van der Waals surface area contributed by atoms with Gasteiger partial charge in [0.25, 0.3) is 0 Å². The molecule has 0 amide bonds. The lowest BCUT2D eigenvalue weighted by Crippen LogP contribution is -2.31. The third-order valence-corrected chi connectivity index (χ3v) is 3.99. The Morgan fingerprint density at radius 1 is 1.24 bits per heavy atom. The van der Waals surface area contributed by atoms with Crippen LogP contribution in [-0.4, -0.2) is 52.2 Å². The van der Waals surface area contributed by atoms with Gasteiger partial charge in [-0.3, -0.25) is 4.40 Å². The number of aromatic nitrogens is 3. The average molecular weight is 288 g/mol. The molecule has 1 aliphatic heterocycles. The van der Waals surface area contributed by atoms with Gasteiger partial charge in [-0.25, -0.2) is 4.79 Å². The topological polar surface area (TPSA) is 59.7 Å². The largest absolute Gasteiger partial charge is 0.465 e. The van der Waals surface area contributed by atoms with Crippen LogP contribution in [0.4, 0.5) is 0 Å². The number of likely N-dealkylation sites (tertiary alicyclic amines) is 1. The number of nitrogens with zero attached hydrogens (tertiary/aromatic N) is 4. The van der Waals surface area contributed by atoms with Crippen molar-refractivity contribution in [1.29, 1.82) is 0 Å². The van der Waals surface area contributed by atoms with Crippen LogP contribution >= 0.6 is 0 Å². The first-order valence-electron chi connectivity index (χ1n) is 7.42. The van der Waals surface area contributed by atoms with E-state index in [1.165, 1.54) is 39.5 Å². The van der Waals surface area contributed by atoms with Crippen molar-refractivity contribution >= 4 is 11.6 Å². The number of pyridine rings is 1. The first-order chi connectivity index (χ1) is 10.3. The highest BCUT2D eigenvalue weighted by molar-refractivity contribution is 5.89. The molecule has 6 heteroatoms. The number of fused-ring (bicyclic) bond motifs is 1. The number of carbonyl (C=O) groups excluding carboxylic acids is 1. The molecule has 0 atom stereocenters. The first kappa shape index (κ1) is 14.0. The summed E-state index contributed by atoms with van der Waals surface area (Å²) in [5.41, 5.74) is 1.28. The zero-order valence-corrected chi connectivity index (χ0v) is 12.3. The van der Waals surface area contributed by atoms with Gasteiger partial charge in [0, 0.05) is 19.2 Å². The van der Waals surface area contributed by atoms with Gasteiger partial charge in [-0.05, 0) is 38.1 Å². The highest BCUT2D eigenvalue weighted by Crippen LogP contribution is 2.12. The van der Waals surface area contributed by atoms with Gasteiger partial charge in [-0.2, -0.15) is 0 Å². The van der Waals surface area contributed by atoms with E-state index in [4.69, 9.17) is 4.74 Å². The van der Waals surface area contributed by atoms with E-state index >= 15 is 0 Å². The van der Waals surface area contributed by atoms with Crippen molar-refractivity contribution in [2.75, 3.05) is 26.7 Å². The summed E-state index contributed by atoms with van der Waals surface area (Å²) >= 11 is 0. The molecule has 6 nitrogen and oxygen atoms in total. The Bertz CT molecular complexity index is 632. The first-order valence-corrected chi connectivity index (χ1v) is 7.42. The number of carbonyl (C=O) groups is 1. The second-order valence-electron chi connectivity index (χ2n) is 5.41. The minimum atomic E-state index is -0.340. The third kappa shape index (κ3) is 3.05. The summed E-state index contributed by atoms with van der Waals surface area (Å²) in [6.07, 6.45) is 6.51. The molecule has 1 aliphatic rings. The van der Waals surface area contributed by atoms with E-state index in [1.807, 2.05) is 4.40 Å². The molecule has 1 saturated heterocycles. The molecule has 0 spiro atoms. The Morgan fingerprint density at radius 2 is 2.05 bits per heavy atom. The van der Waals surface area contributed by atoms with E-state index in [9.17, 15) is 4.79 Å². The summed E-state index contributed by atoms with van der Waals surface area (Å²) in [5.74, 6) is 0.550. The van der Waals surface area contributed by atoms with Crippen molar-refractivity contribution < 1.29 is 9.53 Å². The van der Waals surface area contributed by atoms with Crippen molar-refractivity contribution in [3.8, 4) is 0 Å². The molecule has 0 bridgehead atoms. The SMILES string of the molecule is COC(=O)c1ccc2nnc(CCN3CCCCC3)n2c1. The molecule has 1 fully saturated rings. The molecule has 2 aromatic rings. The number of hydrogen-bond acceptors (Lipinski definition) is 5. The molecular weight excluding hydrogens is 268 g/mol. The van der Waals surface area contributed by atoms with Crippen molar-refractivity contribution in [2.45, 2.75) is 25.7 Å². The molecule has 112 valence electrons. The normalized spacial score (nSPS) is 16.2. The van der Waals surface area contributed by atoms with Gasteiger partial charge in [0.2, 0.25) is 0 Å². The van der Waals surface area contributed by atoms with Gasteiger partial charge in [0.05, 0.1) is 12.7 Å². The Hall–Kier alpha value is -1.95. The molecule has 0 saturated carbocycles. The number of ether oxygens (including phenoxy) is 1. The van der Waals surface area contributed by atoms with Gasteiger partial charge in [0.15, 0.2) is 5.65 Å².